The van der Waals surface area contributed by atoms with Crippen LogP contribution in [0.25, 0.3) is 22.6 Å². The average molecular weight is 375 g/mol. The lowest BCUT2D eigenvalue weighted by molar-refractivity contribution is 0.101. The molecule has 0 atom stereocenters. The van der Waals surface area contributed by atoms with E-state index >= 15 is 0 Å². The molecule has 2 heterocycles. The number of benzene rings is 2. The number of amides is 1. The van der Waals surface area contributed by atoms with Crippen molar-refractivity contribution in [3.63, 3.8) is 0 Å². The zero-order valence-corrected chi connectivity index (χ0v) is 15.3. The van der Waals surface area contributed by atoms with Crippen LogP contribution >= 0.6 is 0 Å². The van der Waals surface area contributed by atoms with Gasteiger partial charge in [0.25, 0.3) is 5.91 Å². The summed E-state index contributed by atoms with van der Waals surface area (Å²) >= 11 is 0. The summed E-state index contributed by atoms with van der Waals surface area (Å²) in [4.78, 5) is 12.4. The van der Waals surface area contributed by atoms with Crippen LogP contribution < -0.4 is 10.1 Å². The summed E-state index contributed by atoms with van der Waals surface area (Å²) in [5, 5.41) is 10.4. The molecule has 7 nitrogen and oxygen atoms in total. The van der Waals surface area contributed by atoms with Crippen molar-refractivity contribution in [1.29, 1.82) is 0 Å². The van der Waals surface area contributed by atoms with Gasteiger partial charge in [0.1, 0.15) is 11.4 Å². The van der Waals surface area contributed by atoms with Gasteiger partial charge in [-0.25, -0.2) is 0 Å². The number of rotatable bonds is 5. The van der Waals surface area contributed by atoms with E-state index in [1.807, 2.05) is 43.3 Å². The minimum absolute atomic E-state index is 0.138. The van der Waals surface area contributed by atoms with Crippen LogP contribution in [0.15, 0.2) is 69.7 Å². The van der Waals surface area contributed by atoms with E-state index in [1.54, 1.807) is 31.4 Å². The molecule has 1 amide bonds. The third-order valence-electron chi connectivity index (χ3n) is 4.21. The molecule has 0 bridgehead atoms. The second-order valence-corrected chi connectivity index (χ2v) is 6.20. The van der Waals surface area contributed by atoms with E-state index in [0.717, 1.165) is 22.4 Å². The number of aromatic nitrogens is 2. The van der Waals surface area contributed by atoms with E-state index in [2.05, 4.69) is 15.6 Å². The zero-order chi connectivity index (χ0) is 19.5. The van der Waals surface area contributed by atoms with E-state index in [9.17, 15) is 4.79 Å². The van der Waals surface area contributed by atoms with Crippen LogP contribution in [-0.2, 0) is 0 Å². The second-order valence-electron chi connectivity index (χ2n) is 6.20. The van der Waals surface area contributed by atoms with E-state index < -0.39 is 5.91 Å². The first-order chi connectivity index (χ1) is 13.6. The van der Waals surface area contributed by atoms with Crippen molar-refractivity contribution < 1.29 is 18.6 Å². The van der Waals surface area contributed by atoms with Gasteiger partial charge in [-0.05, 0) is 31.2 Å². The Morgan fingerprint density at radius 3 is 2.36 bits per heavy atom. The van der Waals surface area contributed by atoms with Crippen molar-refractivity contribution >= 4 is 11.8 Å². The van der Waals surface area contributed by atoms with Crippen molar-refractivity contribution in [2.75, 3.05) is 12.4 Å². The summed E-state index contributed by atoms with van der Waals surface area (Å²) in [7, 11) is 1.60. The number of methoxy groups -OCH3 is 1. The molecule has 0 aliphatic rings. The van der Waals surface area contributed by atoms with Crippen LogP contribution in [-0.4, -0.2) is 23.3 Å². The molecule has 2 aromatic heterocycles. The van der Waals surface area contributed by atoms with Gasteiger partial charge in [0.2, 0.25) is 5.88 Å². The molecule has 0 spiro atoms. The van der Waals surface area contributed by atoms with E-state index in [4.69, 9.17) is 13.8 Å². The molecule has 0 aliphatic heterocycles. The van der Waals surface area contributed by atoms with E-state index in [0.29, 0.717) is 11.5 Å². The predicted octanol–water partition coefficient (Wildman–Crippen LogP) is 4.57. The number of carbonyl (C=O) groups is 1. The Balaban J connectivity index is 1.47. The quantitative estimate of drug-likeness (QED) is 0.550. The van der Waals surface area contributed by atoms with Gasteiger partial charge < -0.3 is 13.8 Å². The van der Waals surface area contributed by atoms with Crippen molar-refractivity contribution in [3.05, 3.63) is 71.9 Å². The summed E-state index contributed by atoms with van der Waals surface area (Å²) in [6.45, 7) is 2.01. The summed E-state index contributed by atoms with van der Waals surface area (Å²) < 4.78 is 15.6. The van der Waals surface area contributed by atoms with Gasteiger partial charge in [-0.15, -0.1) is 0 Å². The lowest BCUT2D eigenvalue weighted by Gasteiger charge is -1.99. The number of nitrogens with one attached hydrogen (secondary N) is 1. The van der Waals surface area contributed by atoms with Gasteiger partial charge in [-0.2, -0.15) is 0 Å². The maximum Gasteiger partial charge on any atom is 0.280 e. The molecule has 2 aromatic carbocycles. The van der Waals surface area contributed by atoms with Gasteiger partial charge >= 0.3 is 0 Å². The van der Waals surface area contributed by atoms with E-state index in [1.165, 1.54) is 0 Å². The molecule has 7 heteroatoms. The van der Waals surface area contributed by atoms with Crippen LogP contribution in [0, 0.1) is 6.92 Å². The van der Waals surface area contributed by atoms with Crippen molar-refractivity contribution in [1.82, 2.24) is 10.3 Å². The van der Waals surface area contributed by atoms with E-state index in [-0.39, 0.29) is 11.6 Å². The molecule has 1 N–H and O–H groups in total. The van der Waals surface area contributed by atoms with Gasteiger partial charge in [-0.1, -0.05) is 40.1 Å². The second kappa shape index (κ2) is 7.40. The van der Waals surface area contributed by atoms with Crippen LogP contribution in [0.3, 0.4) is 0 Å². The fraction of sp³-hybridized carbons (Fsp3) is 0.0952. The molecule has 28 heavy (non-hydrogen) atoms. The molecular formula is C21H17N3O4. The highest BCUT2D eigenvalue weighted by atomic mass is 16.5. The monoisotopic (exact) mass is 375 g/mol. The Bertz CT molecular complexity index is 1100. The Hall–Kier alpha value is -3.87. The molecule has 4 aromatic rings. The highest BCUT2D eigenvalue weighted by Gasteiger charge is 2.16. The summed E-state index contributed by atoms with van der Waals surface area (Å²) in [6, 6.07) is 18.3. The lowest BCUT2D eigenvalue weighted by atomic mass is 10.1. The number of anilines is 1. The fourth-order valence-electron chi connectivity index (χ4n) is 2.64. The van der Waals surface area contributed by atoms with Crippen LogP contribution in [0.5, 0.6) is 5.75 Å². The van der Waals surface area contributed by atoms with Gasteiger partial charge in [-0.3, -0.25) is 10.1 Å². The summed E-state index contributed by atoms with van der Waals surface area (Å²) in [5.41, 5.74) is 3.61. The number of aryl methyl sites for hydroxylation is 1. The molecule has 0 radical (unpaired) electrons. The highest BCUT2D eigenvalue weighted by molar-refractivity contribution is 6.02. The fourth-order valence-corrected chi connectivity index (χ4v) is 2.64. The summed E-state index contributed by atoms with van der Waals surface area (Å²) in [6.07, 6.45) is 0. The molecule has 0 saturated heterocycles. The van der Waals surface area contributed by atoms with Crippen molar-refractivity contribution in [3.8, 4) is 28.3 Å². The Morgan fingerprint density at radius 1 is 0.929 bits per heavy atom. The molecule has 0 saturated carbocycles. The molecule has 4 rings (SSSR count). The minimum atomic E-state index is -0.449. The van der Waals surface area contributed by atoms with Crippen LogP contribution in [0.2, 0.25) is 0 Å². The van der Waals surface area contributed by atoms with Crippen LogP contribution in [0.1, 0.15) is 16.1 Å². The highest BCUT2D eigenvalue weighted by Crippen LogP contribution is 2.25. The first-order valence-electron chi connectivity index (χ1n) is 8.58. The van der Waals surface area contributed by atoms with Gasteiger partial charge in [0.05, 0.1) is 7.11 Å². The normalized spacial score (nSPS) is 10.6. The number of hydrogen-bond donors (Lipinski definition) is 1. The summed E-state index contributed by atoms with van der Waals surface area (Å²) in [5.74, 6) is 0.992. The van der Waals surface area contributed by atoms with Gasteiger partial charge in [0, 0.05) is 23.3 Å². The largest absolute Gasteiger partial charge is 0.497 e. The molecule has 0 aliphatic carbocycles. The Morgan fingerprint density at radius 2 is 1.64 bits per heavy atom. The standard InChI is InChI=1S/C21H17N3O4/c1-13-3-5-14(6-4-13)17-12-20(28-23-17)22-21(25)18-11-19(27-24-18)15-7-9-16(26-2)10-8-15/h3-12H,1-2H3,(H,22,25). The first-order valence-corrected chi connectivity index (χ1v) is 8.58. The molecule has 0 unspecified atom stereocenters. The smallest absolute Gasteiger partial charge is 0.280 e. The third-order valence-corrected chi connectivity index (χ3v) is 4.21. The maximum atomic E-state index is 12.4. The molecular weight excluding hydrogens is 358 g/mol. The van der Waals surface area contributed by atoms with Crippen molar-refractivity contribution in [2.24, 2.45) is 0 Å². The number of hydrogen-bond acceptors (Lipinski definition) is 6. The zero-order valence-electron chi connectivity index (χ0n) is 15.3. The Labute approximate surface area is 160 Å². The SMILES string of the molecule is COc1ccc(-c2cc(C(=O)Nc3cc(-c4ccc(C)cc4)no3)no2)cc1. The number of carbonyl (C=O) groups excluding carboxylic acids is 1. The average Bonchev–Trinajstić information content (AvgIpc) is 3.39. The topological polar surface area (TPSA) is 90.4 Å². The predicted molar refractivity (Wildman–Crippen MR) is 103 cm³/mol. The maximum absolute atomic E-state index is 12.4. The van der Waals surface area contributed by atoms with Crippen molar-refractivity contribution in [2.45, 2.75) is 6.92 Å². The first kappa shape index (κ1) is 17.5. The number of ether oxygens (including phenoxy) is 1. The number of nitrogens with zero attached hydrogens (tertiary/aromatic N) is 2. The van der Waals surface area contributed by atoms with Gasteiger partial charge in [0.15, 0.2) is 11.5 Å². The van der Waals surface area contributed by atoms with Crippen LogP contribution in [0.4, 0.5) is 5.88 Å². The minimum Gasteiger partial charge on any atom is -0.497 e. The molecule has 140 valence electrons. The third kappa shape index (κ3) is 3.64. The lowest BCUT2D eigenvalue weighted by Crippen LogP contribution is -2.11. The molecule has 0 fully saturated rings. The Kier molecular flexibility index (Phi) is 4.63.